The molecule has 7 nitrogen and oxygen atoms in total. The third-order valence-electron chi connectivity index (χ3n) is 4.25. The van der Waals surface area contributed by atoms with Crippen LogP contribution in [0.5, 0.6) is 17.2 Å². The Kier molecular flexibility index (Phi) is 5.49. The largest absolute Gasteiger partial charge is 0.491 e. The van der Waals surface area contributed by atoms with Crippen molar-refractivity contribution in [3.63, 3.8) is 0 Å². The quantitative estimate of drug-likeness (QED) is 0.523. The van der Waals surface area contributed by atoms with Crippen LogP contribution in [0.1, 0.15) is 0 Å². The maximum Gasteiger partial charge on any atom is 0.262 e. The van der Waals surface area contributed by atoms with E-state index in [9.17, 15) is 9.90 Å². The number of pyridine rings is 1. The molecule has 2 aromatic heterocycles. The van der Waals surface area contributed by atoms with E-state index in [1.165, 1.54) is 10.9 Å². The summed E-state index contributed by atoms with van der Waals surface area (Å²) in [7, 11) is 0. The fraction of sp³-hybridized carbons (Fsp3) is 0.136. The minimum Gasteiger partial charge on any atom is -0.491 e. The predicted molar refractivity (Wildman–Crippen MR) is 108 cm³/mol. The van der Waals surface area contributed by atoms with Gasteiger partial charge in [0, 0.05) is 6.20 Å². The van der Waals surface area contributed by atoms with Crippen LogP contribution in [0.4, 0.5) is 0 Å². The Balaban J connectivity index is 1.34. The van der Waals surface area contributed by atoms with E-state index >= 15 is 0 Å². The van der Waals surface area contributed by atoms with E-state index in [1.54, 1.807) is 42.6 Å². The first-order chi connectivity index (χ1) is 14.2. The summed E-state index contributed by atoms with van der Waals surface area (Å²) in [6.07, 6.45) is 2.10. The molecule has 0 spiro atoms. The van der Waals surface area contributed by atoms with Gasteiger partial charge in [0.25, 0.3) is 5.56 Å². The van der Waals surface area contributed by atoms with Gasteiger partial charge in [-0.2, -0.15) is 0 Å². The Bertz CT molecular complexity index is 1140. The molecule has 7 heteroatoms. The van der Waals surface area contributed by atoms with Crippen LogP contribution in [0, 0.1) is 0 Å². The maximum absolute atomic E-state index is 12.4. The Labute approximate surface area is 166 Å². The first-order valence-electron chi connectivity index (χ1n) is 9.13. The van der Waals surface area contributed by atoms with Gasteiger partial charge in [0.1, 0.15) is 36.3 Å². The molecule has 0 radical (unpaired) electrons. The molecule has 4 rings (SSSR count). The topological polar surface area (TPSA) is 86.5 Å². The molecular formula is C22H19N3O4. The van der Waals surface area contributed by atoms with Crippen molar-refractivity contribution >= 4 is 11.0 Å². The third kappa shape index (κ3) is 4.59. The highest BCUT2D eigenvalue weighted by atomic mass is 16.5. The summed E-state index contributed by atoms with van der Waals surface area (Å²) < 4.78 is 12.7. The van der Waals surface area contributed by atoms with Gasteiger partial charge in [0.2, 0.25) is 0 Å². The number of para-hydroxylation sites is 1. The average Bonchev–Trinajstić information content (AvgIpc) is 2.76. The highest BCUT2D eigenvalue weighted by molar-refractivity contribution is 5.72. The molecule has 0 aliphatic carbocycles. The summed E-state index contributed by atoms with van der Waals surface area (Å²) in [6.45, 7) is 0.113. The van der Waals surface area contributed by atoms with Gasteiger partial charge in [-0.1, -0.05) is 18.2 Å². The third-order valence-corrected chi connectivity index (χ3v) is 4.25. The molecule has 0 fully saturated rings. The van der Waals surface area contributed by atoms with Crippen molar-refractivity contribution in [2.75, 3.05) is 6.61 Å². The number of fused-ring (bicyclic) bond motifs is 1. The molecule has 2 aromatic carbocycles. The Hall–Kier alpha value is -3.71. The van der Waals surface area contributed by atoms with E-state index in [1.807, 2.05) is 30.3 Å². The molecule has 0 saturated heterocycles. The van der Waals surface area contributed by atoms with Crippen LogP contribution in [0.15, 0.2) is 84.0 Å². The molecule has 1 atom stereocenters. The summed E-state index contributed by atoms with van der Waals surface area (Å²) in [5.41, 5.74) is 0.141. The van der Waals surface area contributed by atoms with E-state index < -0.39 is 6.10 Å². The molecule has 0 amide bonds. The van der Waals surface area contributed by atoms with E-state index in [0.29, 0.717) is 22.5 Å². The van der Waals surface area contributed by atoms with Gasteiger partial charge < -0.3 is 14.6 Å². The fourth-order valence-electron chi connectivity index (χ4n) is 2.83. The lowest BCUT2D eigenvalue weighted by Gasteiger charge is -2.14. The van der Waals surface area contributed by atoms with Crippen molar-refractivity contribution in [1.82, 2.24) is 14.5 Å². The van der Waals surface area contributed by atoms with Crippen LogP contribution in [-0.2, 0) is 6.54 Å². The maximum atomic E-state index is 12.4. The number of nitrogens with zero attached hydrogens (tertiary/aromatic N) is 3. The monoisotopic (exact) mass is 389 g/mol. The number of aliphatic hydroxyl groups excluding tert-OH is 1. The van der Waals surface area contributed by atoms with Crippen LogP contribution in [0.2, 0.25) is 0 Å². The highest BCUT2D eigenvalue weighted by Gasteiger charge is 2.10. The molecule has 0 aliphatic rings. The van der Waals surface area contributed by atoms with Crippen LogP contribution in [0.3, 0.4) is 0 Å². The second-order valence-corrected chi connectivity index (χ2v) is 6.43. The van der Waals surface area contributed by atoms with Crippen molar-refractivity contribution in [2.24, 2.45) is 0 Å². The summed E-state index contributed by atoms with van der Waals surface area (Å²) in [5.74, 6) is 2.03. The minimum absolute atomic E-state index is 0.0381. The van der Waals surface area contributed by atoms with E-state index in [-0.39, 0.29) is 18.7 Å². The van der Waals surface area contributed by atoms with E-state index in [4.69, 9.17) is 9.47 Å². The Morgan fingerprint density at radius 2 is 1.62 bits per heavy atom. The zero-order valence-corrected chi connectivity index (χ0v) is 15.5. The minimum atomic E-state index is -0.871. The summed E-state index contributed by atoms with van der Waals surface area (Å²) in [5, 5.41) is 10.7. The molecule has 1 N–H and O–H groups in total. The molecule has 29 heavy (non-hydrogen) atoms. The lowest BCUT2D eigenvalue weighted by Crippen LogP contribution is -2.30. The second kappa shape index (κ2) is 8.53. The van der Waals surface area contributed by atoms with Crippen LogP contribution in [-0.4, -0.2) is 32.4 Å². The number of hydrogen-bond donors (Lipinski definition) is 1. The first-order valence-corrected chi connectivity index (χ1v) is 9.13. The molecule has 146 valence electrons. The van der Waals surface area contributed by atoms with Crippen LogP contribution in [0.25, 0.3) is 11.0 Å². The number of aromatic nitrogens is 3. The van der Waals surface area contributed by atoms with Crippen LogP contribution >= 0.6 is 0 Å². The van der Waals surface area contributed by atoms with Crippen molar-refractivity contribution in [1.29, 1.82) is 0 Å². The lowest BCUT2D eigenvalue weighted by atomic mass is 10.3. The number of benzene rings is 2. The first kappa shape index (κ1) is 18.6. The van der Waals surface area contributed by atoms with E-state index in [2.05, 4.69) is 9.97 Å². The number of hydrogen-bond acceptors (Lipinski definition) is 6. The van der Waals surface area contributed by atoms with Gasteiger partial charge >= 0.3 is 0 Å². The van der Waals surface area contributed by atoms with Gasteiger partial charge in [0.05, 0.1) is 11.9 Å². The molecule has 0 bridgehead atoms. The normalized spacial score (nSPS) is 11.9. The standard InChI is InChI=1S/C22H19N3O4/c26-16(13-25-15-24-21-20(22(25)27)7-4-12-23-21)14-28-17-8-10-19(11-9-17)29-18-5-2-1-3-6-18/h1-12,15-16,26H,13-14H2/t16-/m1/s1. The molecule has 0 aliphatic heterocycles. The summed E-state index contributed by atoms with van der Waals surface area (Å²) >= 11 is 0. The second-order valence-electron chi connectivity index (χ2n) is 6.43. The van der Waals surface area contributed by atoms with Gasteiger partial charge in [-0.25, -0.2) is 9.97 Å². The lowest BCUT2D eigenvalue weighted by molar-refractivity contribution is 0.0914. The molecular weight excluding hydrogens is 370 g/mol. The highest BCUT2D eigenvalue weighted by Crippen LogP contribution is 2.23. The summed E-state index contributed by atoms with van der Waals surface area (Å²) in [6, 6.07) is 19.9. The zero-order chi connectivity index (χ0) is 20.1. The van der Waals surface area contributed by atoms with Crippen molar-refractivity contribution in [2.45, 2.75) is 12.6 Å². The number of rotatable bonds is 7. The fourth-order valence-corrected chi connectivity index (χ4v) is 2.83. The van der Waals surface area contributed by atoms with E-state index in [0.717, 1.165) is 5.75 Å². The van der Waals surface area contributed by atoms with Gasteiger partial charge in [-0.3, -0.25) is 9.36 Å². The number of ether oxygens (including phenoxy) is 2. The molecule has 4 aromatic rings. The smallest absolute Gasteiger partial charge is 0.262 e. The van der Waals surface area contributed by atoms with Gasteiger partial charge in [0.15, 0.2) is 5.65 Å². The van der Waals surface area contributed by atoms with Crippen LogP contribution < -0.4 is 15.0 Å². The van der Waals surface area contributed by atoms with Crippen molar-refractivity contribution in [3.8, 4) is 17.2 Å². The molecule has 2 heterocycles. The molecule has 0 saturated carbocycles. The SMILES string of the molecule is O=c1c2cccnc2ncn1C[C@@H](O)COc1ccc(Oc2ccccc2)cc1. The average molecular weight is 389 g/mol. The van der Waals surface area contributed by atoms with Gasteiger partial charge in [-0.05, 0) is 48.5 Å². The van der Waals surface area contributed by atoms with Crippen molar-refractivity contribution in [3.05, 3.63) is 89.6 Å². The number of aliphatic hydroxyl groups is 1. The zero-order valence-electron chi connectivity index (χ0n) is 15.5. The van der Waals surface area contributed by atoms with Crippen molar-refractivity contribution < 1.29 is 14.6 Å². The summed E-state index contributed by atoms with van der Waals surface area (Å²) in [4.78, 5) is 20.6. The Morgan fingerprint density at radius 1 is 0.897 bits per heavy atom. The van der Waals surface area contributed by atoms with Gasteiger partial charge in [-0.15, -0.1) is 0 Å². The Morgan fingerprint density at radius 3 is 2.41 bits per heavy atom. The molecule has 0 unspecified atom stereocenters. The predicted octanol–water partition coefficient (Wildman–Crippen LogP) is 3.02.